The summed E-state index contributed by atoms with van der Waals surface area (Å²) in [5.41, 5.74) is 7.43. The Bertz CT molecular complexity index is 492. The molecule has 1 unspecified atom stereocenters. The van der Waals surface area contributed by atoms with Gasteiger partial charge in [0.1, 0.15) is 11.9 Å². The van der Waals surface area contributed by atoms with Crippen molar-refractivity contribution in [3.05, 3.63) is 44.2 Å². The fraction of sp³-hybridized carbons (Fsp3) is 0.182. The molecule has 16 heavy (non-hydrogen) atoms. The Morgan fingerprint density at radius 2 is 2.31 bits per heavy atom. The lowest BCUT2D eigenvalue weighted by atomic mass is 10.0. The second-order valence-corrected chi connectivity index (χ2v) is 5.36. The standard InChI is InChI=1S/C11H11BrN2OS/c1-6-2-3-14-11(13)9(6)10(15)8-4-7(12)5-16-8/h2-5,10,15H,1H3,(H2,13,14). The molecule has 2 heterocycles. The SMILES string of the molecule is Cc1ccnc(N)c1C(O)c1cc(Br)cs1. The Kier molecular flexibility index (Phi) is 3.28. The molecule has 3 N–H and O–H groups in total. The number of pyridine rings is 1. The molecule has 0 spiro atoms. The van der Waals surface area contributed by atoms with Crippen LogP contribution in [0.15, 0.2) is 28.2 Å². The Labute approximate surface area is 106 Å². The van der Waals surface area contributed by atoms with E-state index in [9.17, 15) is 5.11 Å². The summed E-state index contributed by atoms with van der Waals surface area (Å²) in [7, 11) is 0. The van der Waals surface area contributed by atoms with Crippen LogP contribution in [-0.4, -0.2) is 10.1 Å². The van der Waals surface area contributed by atoms with E-state index in [1.54, 1.807) is 6.20 Å². The van der Waals surface area contributed by atoms with E-state index in [4.69, 9.17) is 5.73 Å². The van der Waals surface area contributed by atoms with Crippen molar-refractivity contribution in [2.75, 3.05) is 5.73 Å². The average Bonchev–Trinajstić information content (AvgIpc) is 2.64. The second kappa shape index (κ2) is 4.53. The fourth-order valence-corrected chi connectivity index (χ4v) is 3.00. The van der Waals surface area contributed by atoms with E-state index in [1.165, 1.54) is 11.3 Å². The first-order valence-corrected chi connectivity index (χ1v) is 6.40. The van der Waals surface area contributed by atoms with Crippen molar-refractivity contribution in [2.45, 2.75) is 13.0 Å². The molecule has 0 amide bonds. The molecule has 0 saturated carbocycles. The van der Waals surface area contributed by atoms with Crippen LogP contribution in [0.2, 0.25) is 0 Å². The molecule has 2 aromatic heterocycles. The number of hydrogen-bond acceptors (Lipinski definition) is 4. The number of nitrogens with zero attached hydrogens (tertiary/aromatic N) is 1. The summed E-state index contributed by atoms with van der Waals surface area (Å²) in [6, 6.07) is 3.73. The van der Waals surface area contributed by atoms with Crippen molar-refractivity contribution in [2.24, 2.45) is 0 Å². The summed E-state index contributed by atoms with van der Waals surface area (Å²) in [5.74, 6) is 0.386. The van der Waals surface area contributed by atoms with Gasteiger partial charge in [-0.25, -0.2) is 4.98 Å². The Morgan fingerprint density at radius 3 is 2.88 bits per heavy atom. The maximum absolute atomic E-state index is 10.2. The lowest BCUT2D eigenvalue weighted by molar-refractivity contribution is 0.224. The summed E-state index contributed by atoms with van der Waals surface area (Å²) in [6.45, 7) is 1.92. The van der Waals surface area contributed by atoms with Gasteiger partial charge in [-0.05, 0) is 40.5 Å². The van der Waals surface area contributed by atoms with Gasteiger partial charge in [0.25, 0.3) is 0 Å². The summed E-state index contributed by atoms with van der Waals surface area (Å²) < 4.78 is 0.965. The van der Waals surface area contributed by atoms with Crippen molar-refractivity contribution >= 4 is 33.1 Å². The molecule has 0 aromatic carbocycles. The van der Waals surface area contributed by atoms with Gasteiger partial charge in [0.15, 0.2) is 0 Å². The maximum atomic E-state index is 10.2. The van der Waals surface area contributed by atoms with Crippen LogP contribution >= 0.6 is 27.3 Å². The second-order valence-electron chi connectivity index (χ2n) is 3.50. The highest BCUT2D eigenvalue weighted by Crippen LogP contribution is 2.33. The van der Waals surface area contributed by atoms with Gasteiger partial charge in [0.05, 0.1) is 0 Å². The van der Waals surface area contributed by atoms with Gasteiger partial charge in [-0.15, -0.1) is 11.3 Å². The van der Waals surface area contributed by atoms with Crippen LogP contribution in [0.1, 0.15) is 22.1 Å². The molecule has 2 rings (SSSR count). The highest BCUT2D eigenvalue weighted by molar-refractivity contribution is 9.10. The van der Waals surface area contributed by atoms with Crippen LogP contribution < -0.4 is 5.73 Å². The fourth-order valence-electron chi connectivity index (χ4n) is 1.56. The first-order chi connectivity index (χ1) is 7.59. The number of nitrogens with two attached hydrogens (primary N) is 1. The van der Waals surface area contributed by atoms with Crippen LogP contribution in [-0.2, 0) is 0 Å². The highest BCUT2D eigenvalue weighted by Gasteiger charge is 2.18. The van der Waals surface area contributed by atoms with Crippen molar-refractivity contribution in [1.82, 2.24) is 4.98 Å². The summed E-state index contributed by atoms with van der Waals surface area (Å²) in [5, 5.41) is 12.2. The van der Waals surface area contributed by atoms with Crippen LogP contribution in [0, 0.1) is 6.92 Å². The van der Waals surface area contributed by atoms with E-state index in [-0.39, 0.29) is 0 Å². The van der Waals surface area contributed by atoms with Gasteiger partial charge in [-0.3, -0.25) is 0 Å². The molecule has 3 nitrogen and oxygen atoms in total. The minimum atomic E-state index is -0.704. The lowest BCUT2D eigenvalue weighted by Crippen LogP contribution is -2.06. The zero-order chi connectivity index (χ0) is 11.7. The Balaban J connectivity index is 2.45. The Hall–Kier alpha value is -0.910. The minimum Gasteiger partial charge on any atom is -0.383 e. The van der Waals surface area contributed by atoms with Crippen molar-refractivity contribution in [1.29, 1.82) is 0 Å². The van der Waals surface area contributed by atoms with E-state index < -0.39 is 6.10 Å². The first-order valence-electron chi connectivity index (χ1n) is 4.72. The smallest absolute Gasteiger partial charge is 0.129 e. The summed E-state index contributed by atoms with van der Waals surface area (Å²) >= 11 is 4.85. The third kappa shape index (κ3) is 2.11. The van der Waals surface area contributed by atoms with Crippen LogP contribution in [0.5, 0.6) is 0 Å². The van der Waals surface area contributed by atoms with Gasteiger partial charge < -0.3 is 10.8 Å². The van der Waals surface area contributed by atoms with Gasteiger partial charge in [-0.2, -0.15) is 0 Å². The number of anilines is 1. The molecule has 0 fully saturated rings. The van der Waals surface area contributed by atoms with E-state index in [1.807, 2.05) is 24.4 Å². The van der Waals surface area contributed by atoms with Gasteiger partial charge in [0, 0.05) is 26.5 Å². The lowest BCUT2D eigenvalue weighted by Gasteiger charge is -2.13. The van der Waals surface area contributed by atoms with Crippen LogP contribution in [0.4, 0.5) is 5.82 Å². The highest BCUT2D eigenvalue weighted by atomic mass is 79.9. The van der Waals surface area contributed by atoms with E-state index in [0.717, 1.165) is 14.9 Å². The van der Waals surface area contributed by atoms with Crippen molar-refractivity contribution < 1.29 is 5.11 Å². The molecule has 2 aromatic rings. The first kappa shape index (κ1) is 11.6. The third-order valence-corrected chi connectivity index (χ3v) is 4.12. The van der Waals surface area contributed by atoms with Crippen molar-refractivity contribution in [3.63, 3.8) is 0 Å². The zero-order valence-corrected chi connectivity index (χ0v) is 11.0. The average molecular weight is 299 g/mol. The number of hydrogen-bond donors (Lipinski definition) is 2. The number of aliphatic hydroxyl groups is 1. The van der Waals surface area contributed by atoms with Gasteiger partial charge in [-0.1, -0.05) is 0 Å². The molecular formula is C11H11BrN2OS. The maximum Gasteiger partial charge on any atom is 0.129 e. The predicted molar refractivity (Wildman–Crippen MR) is 69.5 cm³/mol. The molecular weight excluding hydrogens is 288 g/mol. The van der Waals surface area contributed by atoms with Gasteiger partial charge >= 0.3 is 0 Å². The van der Waals surface area contributed by atoms with E-state index in [2.05, 4.69) is 20.9 Å². The molecule has 0 saturated heterocycles. The third-order valence-electron chi connectivity index (χ3n) is 2.37. The topological polar surface area (TPSA) is 59.1 Å². The van der Waals surface area contributed by atoms with E-state index in [0.29, 0.717) is 11.4 Å². The number of aliphatic hydroxyl groups excluding tert-OH is 1. The number of halogens is 1. The van der Waals surface area contributed by atoms with Crippen LogP contribution in [0.25, 0.3) is 0 Å². The Morgan fingerprint density at radius 1 is 1.56 bits per heavy atom. The number of thiophene rings is 1. The molecule has 84 valence electrons. The van der Waals surface area contributed by atoms with Crippen LogP contribution in [0.3, 0.4) is 0 Å². The molecule has 0 aliphatic rings. The number of aromatic nitrogens is 1. The monoisotopic (exact) mass is 298 g/mol. The number of aryl methyl sites for hydroxylation is 1. The molecule has 0 aliphatic carbocycles. The molecule has 5 heteroatoms. The van der Waals surface area contributed by atoms with E-state index >= 15 is 0 Å². The quantitative estimate of drug-likeness (QED) is 0.896. The minimum absolute atomic E-state index is 0.386. The van der Waals surface area contributed by atoms with Gasteiger partial charge in [0.2, 0.25) is 0 Å². The summed E-state index contributed by atoms with van der Waals surface area (Å²) in [4.78, 5) is 4.86. The number of nitrogen functional groups attached to an aromatic ring is 1. The molecule has 0 bridgehead atoms. The molecule has 1 atom stereocenters. The molecule has 0 radical (unpaired) electrons. The largest absolute Gasteiger partial charge is 0.383 e. The normalized spacial score (nSPS) is 12.7. The predicted octanol–water partition coefficient (Wildman–Crippen LogP) is 2.88. The zero-order valence-electron chi connectivity index (χ0n) is 8.64. The summed E-state index contributed by atoms with van der Waals surface area (Å²) in [6.07, 6.45) is 0.940. The number of rotatable bonds is 2. The van der Waals surface area contributed by atoms with Crippen molar-refractivity contribution in [3.8, 4) is 0 Å². The molecule has 0 aliphatic heterocycles.